The van der Waals surface area contributed by atoms with Gasteiger partial charge in [0, 0.05) is 5.92 Å². The van der Waals surface area contributed by atoms with Gasteiger partial charge < -0.3 is 0 Å². The molecule has 0 atom stereocenters. The molecule has 0 aromatic heterocycles. The Labute approximate surface area is 105 Å². The van der Waals surface area contributed by atoms with E-state index in [0.717, 1.165) is 0 Å². The van der Waals surface area contributed by atoms with Crippen LogP contribution in [0.3, 0.4) is 0 Å². The molecule has 1 aromatic rings. The van der Waals surface area contributed by atoms with E-state index < -0.39 is 21.8 Å². The van der Waals surface area contributed by atoms with Crippen molar-refractivity contribution in [3.05, 3.63) is 35.9 Å². The van der Waals surface area contributed by atoms with Gasteiger partial charge in [-0.25, -0.2) is 0 Å². The number of hydrogen-bond donors (Lipinski definition) is 0. The zero-order valence-corrected chi connectivity index (χ0v) is 10.5. The minimum atomic E-state index is -1.79. The molecule has 0 unspecified atom stereocenters. The lowest BCUT2D eigenvalue weighted by atomic mass is 9.99. The van der Waals surface area contributed by atoms with Gasteiger partial charge in [-0.2, -0.15) is 0 Å². The van der Waals surface area contributed by atoms with E-state index in [1.807, 2.05) is 0 Å². The van der Waals surface area contributed by atoms with Gasteiger partial charge in [0.05, 0.1) is 0 Å². The summed E-state index contributed by atoms with van der Waals surface area (Å²) in [5, 5.41) is 0. The van der Waals surface area contributed by atoms with Crippen LogP contribution in [0.5, 0.6) is 0 Å². The van der Waals surface area contributed by atoms with Gasteiger partial charge in [0.15, 0.2) is 0 Å². The fourth-order valence-corrected chi connectivity index (χ4v) is 1.63. The molecule has 0 fully saturated rings. The third-order valence-electron chi connectivity index (χ3n) is 2.17. The van der Waals surface area contributed by atoms with Crippen molar-refractivity contribution in [2.24, 2.45) is 5.92 Å². The number of alkyl halides is 2. The zero-order chi connectivity index (χ0) is 12.3. The number of halogens is 2. The molecule has 0 bridgehead atoms. The first-order chi connectivity index (χ1) is 7.37. The van der Waals surface area contributed by atoms with E-state index in [1.54, 1.807) is 44.2 Å². The van der Waals surface area contributed by atoms with Crippen molar-refractivity contribution in [1.29, 1.82) is 0 Å². The maximum absolute atomic E-state index is 11.8. The van der Waals surface area contributed by atoms with Gasteiger partial charge in [0.2, 0.25) is 15.9 Å². The van der Waals surface area contributed by atoms with Crippen LogP contribution in [0.15, 0.2) is 30.3 Å². The molecule has 4 heteroatoms. The third-order valence-corrected chi connectivity index (χ3v) is 2.95. The Morgan fingerprint density at radius 1 is 1.12 bits per heavy atom. The van der Waals surface area contributed by atoms with Crippen molar-refractivity contribution in [3.63, 3.8) is 0 Å². The summed E-state index contributed by atoms with van der Waals surface area (Å²) in [6.45, 7) is 3.27. The lowest BCUT2D eigenvalue weighted by Crippen LogP contribution is -2.33. The zero-order valence-electron chi connectivity index (χ0n) is 9.04. The Bertz CT molecular complexity index is 397. The summed E-state index contributed by atoms with van der Waals surface area (Å²) in [4.78, 5) is 23.3. The lowest BCUT2D eigenvalue weighted by molar-refractivity contribution is -0.138. The van der Waals surface area contributed by atoms with Gasteiger partial charge in [-0.3, -0.25) is 9.59 Å². The Balaban J connectivity index is 3.03. The molecular weight excluding hydrogens is 247 g/mol. The molecule has 0 aliphatic carbocycles. The van der Waals surface area contributed by atoms with Crippen LogP contribution in [0.2, 0.25) is 0 Å². The molecule has 0 saturated carbocycles. The standard InChI is InChI=1S/C12H12Cl2O2/c1-8(2)10(15)11(16)12(13,14)9-6-4-3-5-7-9/h3-8H,1-2H3. The molecule has 0 aliphatic rings. The number of benzene rings is 1. The largest absolute Gasteiger partial charge is 0.290 e. The van der Waals surface area contributed by atoms with Gasteiger partial charge in [0.25, 0.3) is 0 Å². The summed E-state index contributed by atoms with van der Waals surface area (Å²) in [5.74, 6) is -1.75. The lowest BCUT2D eigenvalue weighted by Gasteiger charge is -2.18. The van der Waals surface area contributed by atoms with Crippen LogP contribution in [0.4, 0.5) is 0 Å². The predicted octanol–water partition coefficient (Wildman–Crippen LogP) is 3.11. The molecule has 1 rings (SSSR count). The smallest absolute Gasteiger partial charge is 0.239 e. The molecule has 0 spiro atoms. The maximum Gasteiger partial charge on any atom is 0.239 e. The predicted molar refractivity (Wildman–Crippen MR) is 64.7 cm³/mol. The van der Waals surface area contributed by atoms with E-state index in [0.29, 0.717) is 5.56 Å². The minimum absolute atomic E-state index is 0.409. The van der Waals surface area contributed by atoms with Gasteiger partial charge in [0.1, 0.15) is 0 Å². The number of Topliss-reactive ketones (excluding diaryl/α,β-unsaturated/α-hetero) is 2. The molecule has 2 nitrogen and oxygen atoms in total. The molecule has 1 aromatic carbocycles. The molecule has 0 radical (unpaired) electrons. The first-order valence-electron chi connectivity index (χ1n) is 4.89. The topological polar surface area (TPSA) is 34.1 Å². The van der Waals surface area contributed by atoms with Gasteiger partial charge in [-0.1, -0.05) is 67.4 Å². The Morgan fingerprint density at radius 3 is 2.06 bits per heavy atom. The Morgan fingerprint density at radius 2 is 1.62 bits per heavy atom. The monoisotopic (exact) mass is 258 g/mol. The normalized spacial score (nSPS) is 11.6. The van der Waals surface area contributed by atoms with Crippen LogP contribution < -0.4 is 0 Å². The average Bonchev–Trinajstić information content (AvgIpc) is 2.28. The van der Waals surface area contributed by atoms with Gasteiger partial charge in [-0.05, 0) is 5.56 Å². The quantitative estimate of drug-likeness (QED) is 0.615. The summed E-state index contributed by atoms with van der Waals surface area (Å²) >= 11 is 11.9. The number of hydrogen-bond acceptors (Lipinski definition) is 2. The number of rotatable bonds is 4. The highest BCUT2D eigenvalue weighted by Crippen LogP contribution is 2.35. The van der Waals surface area contributed by atoms with Crippen molar-refractivity contribution >= 4 is 34.8 Å². The van der Waals surface area contributed by atoms with Crippen molar-refractivity contribution in [1.82, 2.24) is 0 Å². The Kier molecular flexibility index (Phi) is 4.11. The third kappa shape index (κ3) is 2.63. The van der Waals surface area contributed by atoms with Crippen molar-refractivity contribution < 1.29 is 9.59 Å². The van der Waals surface area contributed by atoms with E-state index in [4.69, 9.17) is 23.2 Å². The van der Waals surface area contributed by atoms with Gasteiger partial charge >= 0.3 is 0 Å². The van der Waals surface area contributed by atoms with Crippen molar-refractivity contribution in [3.8, 4) is 0 Å². The first kappa shape index (κ1) is 13.2. The molecule has 0 N–H and O–H groups in total. The first-order valence-corrected chi connectivity index (χ1v) is 5.65. The molecule has 16 heavy (non-hydrogen) atoms. The maximum atomic E-state index is 11.8. The van der Waals surface area contributed by atoms with Crippen LogP contribution in [0.1, 0.15) is 19.4 Å². The second-order valence-electron chi connectivity index (χ2n) is 3.79. The van der Waals surface area contributed by atoms with Crippen molar-refractivity contribution in [2.45, 2.75) is 18.2 Å². The van der Waals surface area contributed by atoms with Crippen LogP contribution in [0.25, 0.3) is 0 Å². The van der Waals surface area contributed by atoms with E-state index in [9.17, 15) is 9.59 Å². The average molecular weight is 259 g/mol. The molecule has 86 valence electrons. The minimum Gasteiger partial charge on any atom is -0.290 e. The van der Waals surface area contributed by atoms with Gasteiger partial charge in [-0.15, -0.1) is 0 Å². The highest BCUT2D eigenvalue weighted by molar-refractivity contribution is 6.66. The van der Waals surface area contributed by atoms with E-state index >= 15 is 0 Å². The van der Waals surface area contributed by atoms with Crippen LogP contribution in [-0.4, -0.2) is 11.6 Å². The molecule has 0 heterocycles. The summed E-state index contributed by atoms with van der Waals surface area (Å²) in [5.41, 5.74) is 0.414. The van der Waals surface area contributed by atoms with Crippen LogP contribution >= 0.6 is 23.2 Å². The summed E-state index contributed by atoms with van der Waals surface area (Å²) in [6, 6.07) is 8.43. The molecular formula is C12H12Cl2O2. The van der Waals surface area contributed by atoms with E-state index in [2.05, 4.69) is 0 Å². The fraction of sp³-hybridized carbons (Fsp3) is 0.333. The van der Waals surface area contributed by atoms with Crippen LogP contribution in [-0.2, 0) is 13.9 Å². The number of carbonyl (C=O) groups is 2. The van der Waals surface area contributed by atoms with Crippen molar-refractivity contribution in [2.75, 3.05) is 0 Å². The van der Waals surface area contributed by atoms with Crippen LogP contribution in [0, 0.1) is 5.92 Å². The van der Waals surface area contributed by atoms with E-state index in [1.165, 1.54) is 0 Å². The summed E-state index contributed by atoms with van der Waals surface area (Å²) in [7, 11) is 0. The SMILES string of the molecule is CC(C)C(=O)C(=O)C(Cl)(Cl)c1ccccc1. The highest BCUT2D eigenvalue weighted by Gasteiger charge is 2.40. The van der Waals surface area contributed by atoms with E-state index in [-0.39, 0.29) is 0 Å². The molecule has 0 saturated heterocycles. The fourth-order valence-electron chi connectivity index (χ4n) is 1.20. The molecule has 0 amide bonds. The number of carbonyl (C=O) groups excluding carboxylic acids is 2. The Hall–Kier alpha value is -0.860. The highest BCUT2D eigenvalue weighted by atomic mass is 35.5. The molecule has 0 aliphatic heterocycles. The second-order valence-corrected chi connectivity index (χ2v) is 5.12. The summed E-state index contributed by atoms with van der Waals surface area (Å²) in [6.07, 6.45) is 0. The number of ketones is 2. The second kappa shape index (κ2) is 4.98. The summed E-state index contributed by atoms with van der Waals surface area (Å²) < 4.78 is -1.79.